The van der Waals surface area contributed by atoms with Crippen molar-refractivity contribution in [1.82, 2.24) is 10.6 Å². The van der Waals surface area contributed by atoms with Gasteiger partial charge in [-0.15, -0.1) is 0 Å². The molecular formula is C18H29FN2O2. The highest BCUT2D eigenvalue weighted by Crippen LogP contribution is 2.23. The highest BCUT2D eigenvalue weighted by molar-refractivity contribution is 5.74. The molecule has 0 radical (unpaired) electrons. The topological polar surface area (TPSA) is 61.4 Å². The molecule has 0 saturated heterocycles. The molecule has 0 saturated carbocycles. The largest absolute Gasteiger partial charge is 0.393 e. The van der Waals surface area contributed by atoms with Crippen LogP contribution in [0.4, 0.5) is 9.18 Å². The SMILES string of the molecule is CC(O)CC(C)(C)CNC(=O)NCC(C)(C)c1ccc(F)cc1. The Hall–Kier alpha value is -1.62. The summed E-state index contributed by atoms with van der Waals surface area (Å²) >= 11 is 0. The monoisotopic (exact) mass is 324 g/mol. The van der Waals surface area contributed by atoms with E-state index < -0.39 is 6.10 Å². The summed E-state index contributed by atoms with van der Waals surface area (Å²) in [5.74, 6) is -0.268. The van der Waals surface area contributed by atoms with E-state index >= 15 is 0 Å². The lowest BCUT2D eigenvalue weighted by molar-refractivity contribution is 0.128. The van der Waals surface area contributed by atoms with Crippen molar-refractivity contribution in [3.63, 3.8) is 0 Å². The van der Waals surface area contributed by atoms with Crippen LogP contribution in [-0.4, -0.2) is 30.3 Å². The maximum atomic E-state index is 13.0. The smallest absolute Gasteiger partial charge is 0.314 e. The zero-order valence-corrected chi connectivity index (χ0v) is 14.7. The highest BCUT2D eigenvalue weighted by atomic mass is 19.1. The molecule has 1 aromatic rings. The zero-order valence-electron chi connectivity index (χ0n) is 14.7. The number of aliphatic hydroxyl groups is 1. The van der Waals surface area contributed by atoms with Crippen molar-refractivity contribution in [2.75, 3.05) is 13.1 Å². The Morgan fingerprint density at radius 1 is 1.13 bits per heavy atom. The molecule has 5 heteroatoms. The normalized spacial score (nSPS) is 13.5. The molecule has 0 aromatic heterocycles. The van der Waals surface area contributed by atoms with Crippen LogP contribution < -0.4 is 10.6 Å². The lowest BCUT2D eigenvalue weighted by Gasteiger charge is -2.28. The van der Waals surface area contributed by atoms with Crippen molar-refractivity contribution in [3.8, 4) is 0 Å². The number of nitrogens with one attached hydrogen (secondary N) is 2. The van der Waals surface area contributed by atoms with E-state index in [-0.39, 0.29) is 22.7 Å². The van der Waals surface area contributed by atoms with Crippen LogP contribution in [0.15, 0.2) is 24.3 Å². The number of benzene rings is 1. The first-order valence-electron chi connectivity index (χ1n) is 7.98. The molecule has 0 heterocycles. The highest BCUT2D eigenvalue weighted by Gasteiger charge is 2.23. The standard InChI is InChI=1S/C18H29FN2O2/c1-13(22)10-17(2,3)11-20-16(23)21-12-18(4,5)14-6-8-15(19)9-7-14/h6-9,13,22H,10-12H2,1-5H3,(H2,20,21,23). The lowest BCUT2D eigenvalue weighted by Crippen LogP contribution is -2.45. The van der Waals surface area contributed by atoms with Crippen molar-refractivity contribution in [1.29, 1.82) is 0 Å². The molecule has 0 spiro atoms. The molecule has 0 aliphatic rings. The molecule has 0 aliphatic carbocycles. The van der Waals surface area contributed by atoms with Gasteiger partial charge >= 0.3 is 6.03 Å². The Kier molecular flexibility index (Phi) is 6.57. The lowest BCUT2D eigenvalue weighted by atomic mass is 9.84. The molecule has 23 heavy (non-hydrogen) atoms. The summed E-state index contributed by atoms with van der Waals surface area (Å²) in [6.07, 6.45) is 0.223. The summed E-state index contributed by atoms with van der Waals surface area (Å²) in [6.45, 7) is 10.7. The Morgan fingerprint density at radius 2 is 1.65 bits per heavy atom. The Morgan fingerprint density at radius 3 is 2.17 bits per heavy atom. The van der Waals surface area contributed by atoms with E-state index in [9.17, 15) is 14.3 Å². The first-order chi connectivity index (χ1) is 10.5. The fourth-order valence-electron chi connectivity index (χ4n) is 2.56. The maximum absolute atomic E-state index is 13.0. The summed E-state index contributed by atoms with van der Waals surface area (Å²) in [7, 11) is 0. The van der Waals surface area contributed by atoms with Crippen LogP contribution in [-0.2, 0) is 5.41 Å². The van der Waals surface area contributed by atoms with Crippen LogP contribution in [0.3, 0.4) is 0 Å². The molecule has 0 fully saturated rings. The number of halogens is 1. The van der Waals surface area contributed by atoms with E-state index in [0.717, 1.165) is 5.56 Å². The first-order valence-corrected chi connectivity index (χ1v) is 7.98. The fraction of sp³-hybridized carbons (Fsp3) is 0.611. The third kappa shape index (κ3) is 6.99. The van der Waals surface area contributed by atoms with Crippen LogP contribution >= 0.6 is 0 Å². The number of rotatable bonds is 7. The van der Waals surface area contributed by atoms with E-state index in [1.807, 2.05) is 27.7 Å². The van der Waals surface area contributed by atoms with Gasteiger partial charge in [0.05, 0.1) is 6.10 Å². The van der Waals surface area contributed by atoms with Crippen LogP contribution in [0, 0.1) is 11.2 Å². The Labute approximate surface area is 138 Å². The number of amides is 2. The van der Waals surface area contributed by atoms with E-state index in [0.29, 0.717) is 19.5 Å². The zero-order chi connectivity index (χ0) is 17.7. The molecule has 1 aromatic carbocycles. The summed E-state index contributed by atoms with van der Waals surface area (Å²) in [4.78, 5) is 12.0. The van der Waals surface area contributed by atoms with Gasteiger partial charge in [-0.1, -0.05) is 39.8 Å². The van der Waals surface area contributed by atoms with Crippen molar-refractivity contribution in [3.05, 3.63) is 35.6 Å². The third-order valence-corrected chi connectivity index (χ3v) is 3.89. The molecule has 3 N–H and O–H groups in total. The summed E-state index contributed by atoms with van der Waals surface area (Å²) in [5.41, 5.74) is 0.506. The molecule has 2 amide bonds. The summed E-state index contributed by atoms with van der Waals surface area (Å²) in [5, 5.41) is 15.1. The van der Waals surface area contributed by atoms with E-state index in [1.54, 1.807) is 19.1 Å². The Balaban J connectivity index is 2.47. The van der Waals surface area contributed by atoms with Gasteiger partial charge in [0, 0.05) is 18.5 Å². The number of hydrogen-bond donors (Lipinski definition) is 3. The third-order valence-electron chi connectivity index (χ3n) is 3.89. The number of urea groups is 1. The van der Waals surface area contributed by atoms with Crippen LogP contribution in [0.25, 0.3) is 0 Å². The van der Waals surface area contributed by atoms with Crippen molar-refractivity contribution >= 4 is 6.03 Å². The minimum absolute atomic E-state index is 0.169. The van der Waals surface area contributed by atoms with Gasteiger partial charge in [-0.25, -0.2) is 9.18 Å². The van der Waals surface area contributed by atoms with E-state index in [4.69, 9.17) is 0 Å². The first kappa shape index (κ1) is 19.4. The van der Waals surface area contributed by atoms with Crippen LogP contribution in [0.5, 0.6) is 0 Å². The molecule has 0 bridgehead atoms. The number of carbonyl (C=O) groups excluding carboxylic acids is 1. The average Bonchev–Trinajstić information content (AvgIpc) is 2.42. The van der Waals surface area contributed by atoms with E-state index in [1.165, 1.54) is 12.1 Å². The number of carbonyl (C=O) groups is 1. The number of aliphatic hydroxyl groups excluding tert-OH is 1. The van der Waals surface area contributed by atoms with Gasteiger partial charge in [0.25, 0.3) is 0 Å². The Bertz CT molecular complexity index is 510. The summed E-state index contributed by atoms with van der Waals surface area (Å²) < 4.78 is 13.0. The molecule has 130 valence electrons. The number of hydrogen-bond acceptors (Lipinski definition) is 2. The van der Waals surface area contributed by atoms with Gasteiger partial charge in [-0.3, -0.25) is 0 Å². The minimum Gasteiger partial charge on any atom is -0.393 e. The molecule has 1 rings (SSSR count). The second-order valence-electron chi connectivity index (χ2n) is 7.64. The van der Waals surface area contributed by atoms with Gasteiger partial charge in [-0.05, 0) is 36.5 Å². The van der Waals surface area contributed by atoms with Crippen LogP contribution in [0.2, 0.25) is 0 Å². The molecule has 1 unspecified atom stereocenters. The predicted octanol–water partition coefficient (Wildman–Crippen LogP) is 3.20. The molecule has 0 aliphatic heterocycles. The van der Waals surface area contributed by atoms with Gasteiger partial charge in [-0.2, -0.15) is 0 Å². The van der Waals surface area contributed by atoms with Gasteiger partial charge in [0.15, 0.2) is 0 Å². The summed E-state index contributed by atoms with van der Waals surface area (Å²) in [6, 6.07) is 6.09. The van der Waals surface area contributed by atoms with Crippen molar-refractivity contribution in [2.45, 2.75) is 52.6 Å². The van der Waals surface area contributed by atoms with Crippen LogP contribution in [0.1, 0.15) is 46.6 Å². The average molecular weight is 324 g/mol. The fourth-order valence-corrected chi connectivity index (χ4v) is 2.56. The van der Waals surface area contributed by atoms with Gasteiger partial charge in [0.1, 0.15) is 5.82 Å². The minimum atomic E-state index is -0.396. The second-order valence-corrected chi connectivity index (χ2v) is 7.64. The quantitative estimate of drug-likeness (QED) is 0.721. The van der Waals surface area contributed by atoms with Crippen molar-refractivity contribution in [2.24, 2.45) is 5.41 Å². The van der Waals surface area contributed by atoms with Crippen molar-refractivity contribution < 1.29 is 14.3 Å². The predicted molar refractivity (Wildman–Crippen MR) is 90.9 cm³/mol. The molecule has 4 nitrogen and oxygen atoms in total. The molecule has 1 atom stereocenters. The van der Waals surface area contributed by atoms with Gasteiger partial charge in [0.2, 0.25) is 0 Å². The van der Waals surface area contributed by atoms with Gasteiger partial charge < -0.3 is 15.7 Å². The maximum Gasteiger partial charge on any atom is 0.314 e. The van der Waals surface area contributed by atoms with E-state index in [2.05, 4.69) is 10.6 Å². The second kappa shape index (κ2) is 7.77. The molecular weight excluding hydrogens is 295 g/mol.